The van der Waals surface area contributed by atoms with Crippen LogP contribution in [0.3, 0.4) is 0 Å². The minimum absolute atomic E-state index is 0.0155. The van der Waals surface area contributed by atoms with E-state index in [0.717, 1.165) is 24.9 Å². The van der Waals surface area contributed by atoms with Crippen molar-refractivity contribution in [3.05, 3.63) is 29.8 Å². The van der Waals surface area contributed by atoms with Gasteiger partial charge in [-0.15, -0.1) is 0 Å². The van der Waals surface area contributed by atoms with E-state index in [1.807, 2.05) is 12.1 Å². The van der Waals surface area contributed by atoms with Gasteiger partial charge >= 0.3 is 0 Å². The topological polar surface area (TPSA) is 49.8 Å². The first-order chi connectivity index (χ1) is 13.1. The molecule has 1 amide bonds. The third-order valence-electron chi connectivity index (χ3n) is 6.39. The summed E-state index contributed by atoms with van der Waals surface area (Å²) < 4.78 is 6.78. The summed E-state index contributed by atoms with van der Waals surface area (Å²) in [5, 5.41) is 9.75. The first-order valence-corrected chi connectivity index (χ1v) is 13.7. The highest BCUT2D eigenvalue weighted by Gasteiger charge is 2.39. The van der Waals surface area contributed by atoms with Crippen LogP contribution in [0.1, 0.15) is 77.9 Å². The summed E-state index contributed by atoms with van der Waals surface area (Å²) in [6.07, 6.45) is 5.95. The van der Waals surface area contributed by atoms with Crippen LogP contribution >= 0.6 is 0 Å². The van der Waals surface area contributed by atoms with Gasteiger partial charge in [0.25, 0.3) is 0 Å². The first-order valence-electron chi connectivity index (χ1n) is 10.8. The summed E-state index contributed by atoms with van der Waals surface area (Å²) in [4.78, 5) is 14.0. The average Bonchev–Trinajstić information content (AvgIpc) is 3.01. The van der Waals surface area contributed by atoms with Gasteiger partial charge in [0.15, 0.2) is 8.32 Å². The summed E-state index contributed by atoms with van der Waals surface area (Å²) >= 11 is 0. The molecule has 28 heavy (non-hydrogen) atoms. The van der Waals surface area contributed by atoms with Gasteiger partial charge in [0.2, 0.25) is 5.91 Å². The molecule has 0 bridgehead atoms. The fourth-order valence-corrected chi connectivity index (χ4v) is 4.85. The predicted molar refractivity (Wildman–Crippen MR) is 119 cm³/mol. The molecule has 1 aromatic carbocycles. The smallest absolute Gasteiger partial charge is 0.227 e. The molecule has 2 rings (SSSR count). The Morgan fingerprint density at radius 2 is 1.86 bits per heavy atom. The van der Waals surface area contributed by atoms with E-state index in [4.69, 9.17) is 4.43 Å². The van der Waals surface area contributed by atoms with Gasteiger partial charge < -0.3 is 14.4 Å². The van der Waals surface area contributed by atoms with Gasteiger partial charge in [0.1, 0.15) is 0 Å². The Bertz CT molecular complexity index is 636. The Kier molecular flexibility index (Phi) is 7.88. The van der Waals surface area contributed by atoms with Gasteiger partial charge in [-0.25, -0.2) is 0 Å². The number of unbranched alkanes of at least 4 members (excludes halogenated alkanes) is 2. The van der Waals surface area contributed by atoms with Crippen molar-refractivity contribution in [3.8, 4) is 0 Å². The number of anilines is 1. The molecule has 158 valence electrons. The Morgan fingerprint density at radius 1 is 1.21 bits per heavy atom. The molecule has 0 radical (unpaired) electrons. The molecule has 1 unspecified atom stereocenters. The number of benzene rings is 1. The zero-order valence-electron chi connectivity index (χ0n) is 18.6. The van der Waals surface area contributed by atoms with Crippen molar-refractivity contribution in [2.75, 3.05) is 11.5 Å². The third-order valence-corrected chi connectivity index (χ3v) is 10.9. The van der Waals surface area contributed by atoms with E-state index in [-0.39, 0.29) is 29.7 Å². The molecule has 1 fully saturated rings. The SMILES string of the molecule is CCCCC[C@H](O[Si](C)(C)C(C)(C)C)c1ccc(N2C(=O)CCC2CO)cc1. The molecule has 5 heteroatoms. The molecule has 0 aromatic heterocycles. The number of amides is 1. The molecule has 0 aliphatic carbocycles. The number of aliphatic hydroxyl groups excluding tert-OH is 1. The van der Waals surface area contributed by atoms with Crippen LogP contribution in [0, 0.1) is 0 Å². The molecule has 2 atom stereocenters. The third kappa shape index (κ3) is 5.46. The lowest BCUT2D eigenvalue weighted by molar-refractivity contribution is -0.117. The van der Waals surface area contributed by atoms with Crippen LogP contribution in [0.2, 0.25) is 18.1 Å². The number of rotatable bonds is 9. The van der Waals surface area contributed by atoms with Gasteiger partial charge in [-0.05, 0) is 48.7 Å². The molecule has 1 aliphatic rings. The van der Waals surface area contributed by atoms with Crippen molar-refractivity contribution in [1.29, 1.82) is 0 Å². The number of carbonyl (C=O) groups excluding carboxylic acids is 1. The van der Waals surface area contributed by atoms with Gasteiger partial charge in [-0.1, -0.05) is 59.1 Å². The summed E-state index contributed by atoms with van der Waals surface area (Å²) in [7, 11) is -1.88. The second-order valence-electron chi connectivity index (χ2n) is 9.59. The molecule has 1 aromatic rings. The Labute approximate surface area is 172 Å². The van der Waals surface area contributed by atoms with Crippen LogP contribution in [0.5, 0.6) is 0 Å². The van der Waals surface area contributed by atoms with Crippen LogP contribution in [0.25, 0.3) is 0 Å². The number of aliphatic hydroxyl groups is 1. The molecule has 1 saturated heterocycles. The molecule has 0 saturated carbocycles. The molecular formula is C23H39NO3Si. The molecular weight excluding hydrogens is 366 g/mol. The summed E-state index contributed by atoms with van der Waals surface area (Å²) in [6.45, 7) is 13.7. The van der Waals surface area contributed by atoms with Crippen molar-refractivity contribution < 1.29 is 14.3 Å². The van der Waals surface area contributed by atoms with Gasteiger partial charge in [-0.3, -0.25) is 4.79 Å². The van der Waals surface area contributed by atoms with Crippen LogP contribution in [-0.4, -0.2) is 32.0 Å². The van der Waals surface area contributed by atoms with Crippen LogP contribution in [-0.2, 0) is 9.22 Å². The fourth-order valence-electron chi connectivity index (χ4n) is 3.53. The largest absolute Gasteiger partial charge is 0.410 e. The van der Waals surface area contributed by atoms with Crippen molar-refractivity contribution in [2.24, 2.45) is 0 Å². The highest BCUT2D eigenvalue weighted by atomic mass is 28.4. The maximum absolute atomic E-state index is 12.2. The first kappa shape index (κ1) is 23.1. The maximum atomic E-state index is 12.2. The van der Waals surface area contributed by atoms with Crippen LogP contribution in [0.4, 0.5) is 5.69 Å². The maximum Gasteiger partial charge on any atom is 0.227 e. The fraction of sp³-hybridized carbons (Fsp3) is 0.696. The average molecular weight is 406 g/mol. The zero-order valence-corrected chi connectivity index (χ0v) is 19.6. The lowest BCUT2D eigenvalue weighted by Crippen LogP contribution is -2.41. The molecule has 4 nitrogen and oxygen atoms in total. The summed E-state index contributed by atoms with van der Waals surface area (Å²) in [6, 6.07) is 8.16. The number of hydrogen-bond acceptors (Lipinski definition) is 3. The monoisotopic (exact) mass is 405 g/mol. The van der Waals surface area contributed by atoms with Crippen LogP contribution < -0.4 is 4.90 Å². The highest BCUT2D eigenvalue weighted by Crippen LogP contribution is 2.41. The number of hydrogen-bond donors (Lipinski definition) is 1. The Balaban J connectivity index is 2.22. The standard InChI is InChI=1S/C23H39NO3Si/c1-7-8-9-10-21(27-28(5,6)23(2,3)4)18-11-13-19(14-12-18)24-20(17-25)15-16-22(24)26/h11-14,20-21,25H,7-10,15-17H2,1-6H3/t20?,21-/m0/s1. The van der Waals surface area contributed by atoms with Gasteiger partial charge in [0.05, 0.1) is 18.8 Å². The Morgan fingerprint density at radius 3 is 2.39 bits per heavy atom. The van der Waals surface area contributed by atoms with E-state index in [1.54, 1.807) is 4.90 Å². The second kappa shape index (κ2) is 9.55. The van der Waals surface area contributed by atoms with E-state index in [2.05, 4.69) is 52.9 Å². The van der Waals surface area contributed by atoms with Crippen molar-refractivity contribution in [3.63, 3.8) is 0 Å². The van der Waals surface area contributed by atoms with Gasteiger partial charge in [0, 0.05) is 12.1 Å². The van der Waals surface area contributed by atoms with E-state index in [0.29, 0.717) is 6.42 Å². The highest BCUT2D eigenvalue weighted by molar-refractivity contribution is 6.74. The predicted octanol–water partition coefficient (Wildman–Crippen LogP) is 5.82. The van der Waals surface area contributed by atoms with E-state index >= 15 is 0 Å². The van der Waals surface area contributed by atoms with Crippen molar-refractivity contribution in [1.82, 2.24) is 0 Å². The normalized spacial score (nSPS) is 19.3. The number of nitrogens with zero attached hydrogens (tertiary/aromatic N) is 1. The quantitative estimate of drug-likeness (QED) is 0.416. The van der Waals surface area contributed by atoms with E-state index in [1.165, 1.54) is 18.4 Å². The van der Waals surface area contributed by atoms with Crippen LogP contribution in [0.15, 0.2) is 24.3 Å². The van der Waals surface area contributed by atoms with E-state index < -0.39 is 8.32 Å². The van der Waals surface area contributed by atoms with Crippen molar-refractivity contribution >= 4 is 19.9 Å². The molecule has 1 N–H and O–H groups in total. The lowest BCUT2D eigenvalue weighted by Gasteiger charge is -2.39. The number of carbonyl (C=O) groups is 1. The van der Waals surface area contributed by atoms with Gasteiger partial charge in [-0.2, -0.15) is 0 Å². The lowest BCUT2D eigenvalue weighted by atomic mass is 10.0. The minimum atomic E-state index is -1.88. The second-order valence-corrected chi connectivity index (χ2v) is 14.3. The van der Waals surface area contributed by atoms with Crippen molar-refractivity contribution in [2.45, 2.75) is 96.5 Å². The molecule has 0 spiro atoms. The molecule has 1 heterocycles. The molecule has 1 aliphatic heterocycles. The minimum Gasteiger partial charge on any atom is -0.410 e. The summed E-state index contributed by atoms with van der Waals surface area (Å²) in [5.41, 5.74) is 2.07. The zero-order chi connectivity index (χ0) is 20.9. The Hall–Kier alpha value is -1.17. The summed E-state index contributed by atoms with van der Waals surface area (Å²) in [5.74, 6) is 0.101. The van der Waals surface area contributed by atoms with E-state index in [9.17, 15) is 9.90 Å².